The number of ether oxygens (including phenoxy) is 1. The normalized spacial score (nSPS) is 11.0. The van der Waals surface area contributed by atoms with Gasteiger partial charge in [0.25, 0.3) is 5.69 Å². The number of nitro benzene ring substituents is 1. The number of carboxylic acid groups (broad SMARTS) is 1. The van der Waals surface area contributed by atoms with E-state index in [4.69, 9.17) is 9.84 Å². The van der Waals surface area contributed by atoms with Crippen LogP contribution in [-0.2, 0) is 16.0 Å². The maximum atomic E-state index is 12.4. The van der Waals surface area contributed by atoms with Gasteiger partial charge < -0.3 is 15.2 Å². The van der Waals surface area contributed by atoms with Crippen LogP contribution in [0.15, 0.2) is 52.7 Å². The number of benzene rings is 2. The highest BCUT2D eigenvalue weighted by molar-refractivity contribution is 5.91. The number of hydrogen-bond donors (Lipinski definition) is 2. The second-order valence-corrected chi connectivity index (χ2v) is 9.76. The van der Waals surface area contributed by atoms with E-state index in [0.29, 0.717) is 26.1 Å². The summed E-state index contributed by atoms with van der Waals surface area (Å²) >= 11 is 0. The van der Waals surface area contributed by atoms with Crippen molar-refractivity contribution in [3.63, 3.8) is 0 Å². The molecule has 0 fully saturated rings. The summed E-state index contributed by atoms with van der Waals surface area (Å²) in [5.41, 5.74) is 1.72. The van der Waals surface area contributed by atoms with Gasteiger partial charge in [-0.1, -0.05) is 76.8 Å². The van der Waals surface area contributed by atoms with Gasteiger partial charge in [0, 0.05) is 18.3 Å². The summed E-state index contributed by atoms with van der Waals surface area (Å²) in [5, 5.41) is 31.4. The van der Waals surface area contributed by atoms with E-state index < -0.39 is 16.9 Å². The quantitative estimate of drug-likeness (QED) is 0.0525. The van der Waals surface area contributed by atoms with Crippen molar-refractivity contribution in [1.29, 1.82) is 0 Å². The molecule has 0 aromatic heterocycles. The summed E-state index contributed by atoms with van der Waals surface area (Å²) < 4.78 is 5.32. The van der Waals surface area contributed by atoms with Crippen molar-refractivity contribution in [2.75, 3.05) is 25.0 Å². The Morgan fingerprint density at radius 3 is 2.23 bits per heavy atom. The zero-order valence-electron chi connectivity index (χ0n) is 23.5. The van der Waals surface area contributed by atoms with Crippen molar-refractivity contribution in [2.45, 2.75) is 84.0 Å². The molecule has 0 atom stereocenters. The summed E-state index contributed by atoms with van der Waals surface area (Å²) in [6.45, 7) is 3.18. The number of aliphatic carboxylic acids is 1. The Bertz CT molecular complexity index is 1090. The molecule has 0 aliphatic carbocycles. The molecule has 0 spiro atoms. The molecule has 2 aromatic rings. The predicted molar refractivity (Wildman–Crippen MR) is 155 cm³/mol. The highest BCUT2D eigenvalue weighted by atomic mass is 16.6. The van der Waals surface area contributed by atoms with Crippen LogP contribution in [-0.4, -0.2) is 41.7 Å². The monoisotopic (exact) mass is 554 g/mol. The number of rotatable bonds is 21. The Labute approximate surface area is 236 Å². The molecule has 40 heavy (non-hydrogen) atoms. The number of carboxylic acids is 1. The van der Waals surface area contributed by atoms with Gasteiger partial charge in [0.2, 0.25) is 0 Å². The van der Waals surface area contributed by atoms with Crippen molar-refractivity contribution in [3.8, 4) is 0 Å². The van der Waals surface area contributed by atoms with Crippen LogP contribution in [0.2, 0.25) is 0 Å². The maximum Gasteiger partial charge on any atom is 0.338 e. The molecule has 2 aromatic carbocycles. The van der Waals surface area contributed by atoms with E-state index in [2.05, 4.69) is 22.5 Å². The molecule has 2 N–H and O–H groups in total. The highest BCUT2D eigenvalue weighted by Gasteiger charge is 2.18. The molecule has 0 amide bonds. The Morgan fingerprint density at radius 2 is 1.60 bits per heavy atom. The van der Waals surface area contributed by atoms with Crippen LogP contribution in [0.4, 0.5) is 17.1 Å². The third-order valence-corrected chi connectivity index (χ3v) is 6.44. The van der Waals surface area contributed by atoms with Crippen molar-refractivity contribution in [3.05, 3.63) is 63.7 Å². The number of anilines is 1. The number of esters is 1. The number of carbonyl (C=O) groups excluding carboxylic acids is 1. The minimum atomic E-state index is -0.858. The summed E-state index contributed by atoms with van der Waals surface area (Å²) in [7, 11) is 0. The smallest absolute Gasteiger partial charge is 0.338 e. The number of nitrogens with one attached hydrogen (secondary N) is 1. The lowest BCUT2D eigenvalue weighted by Crippen LogP contribution is -2.07. The fraction of sp³-hybridized carbons (Fsp3) is 0.533. The number of nitro groups is 1. The van der Waals surface area contributed by atoms with Crippen LogP contribution in [0.25, 0.3) is 0 Å². The van der Waals surface area contributed by atoms with E-state index in [1.165, 1.54) is 63.1 Å². The van der Waals surface area contributed by atoms with Gasteiger partial charge in [-0.2, -0.15) is 5.11 Å². The van der Waals surface area contributed by atoms with Crippen LogP contribution >= 0.6 is 0 Å². The first-order valence-corrected chi connectivity index (χ1v) is 14.3. The molecule has 0 unspecified atom stereocenters. The Balaban J connectivity index is 1.74. The molecule has 0 aliphatic heterocycles. The molecular formula is C30H42N4O6. The second-order valence-electron chi connectivity index (χ2n) is 9.76. The first kappa shape index (κ1) is 32.4. The van der Waals surface area contributed by atoms with Gasteiger partial charge >= 0.3 is 11.9 Å². The van der Waals surface area contributed by atoms with E-state index in [1.54, 1.807) is 0 Å². The first-order valence-electron chi connectivity index (χ1n) is 14.3. The predicted octanol–water partition coefficient (Wildman–Crippen LogP) is 7.89. The van der Waals surface area contributed by atoms with Gasteiger partial charge in [-0.3, -0.25) is 14.9 Å². The van der Waals surface area contributed by atoms with Crippen molar-refractivity contribution >= 4 is 29.0 Å². The molecule has 0 aliphatic rings. The maximum absolute atomic E-state index is 12.4. The van der Waals surface area contributed by atoms with Crippen LogP contribution < -0.4 is 5.32 Å². The summed E-state index contributed by atoms with van der Waals surface area (Å²) in [4.78, 5) is 34.0. The average molecular weight is 555 g/mol. The topological polar surface area (TPSA) is 143 Å². The summed E-state index contributed by atoms with van der Waals surface area (Å²) in [6.07, 6.45) is 12.5. The van der Waals surface area contributed by atoms with Crippen molar-refractivity contribution < 1.29 is 24.4 Å². The standard InChI is InChI=1S/C30H42N4O6/c1-2-3-4-5-6-7-8-9-10-11-22-40-30(37)25-14-17-27(28(23-25)34(38)39)33-32-21-18-24-12-15-26(16-13-24)31-20-19-29(35)36/h12-17,23,31H,2-11,18-22H2,1H3,(H,35,36). The fourth-order valence-electron chi connectivity index (χ4n) is 4.13. The molecule has 0 saturated carbocycles. The van der Waals surface area contributed by atoms with Crippen LogP contribution in [0.1, 0.15) is 93.5 Å². The Kier molecular flexibility index (Phi) is 15.6. The summed E-state index contributed by atoms with van der Waals surface area (Å²) in [6, 6.07) is 11.6. The third kappa shape index (κ3) is 13.3. The van der Waals surface area contributed by atoms with Crippen molar-refractivity contribution in [2.24, 2.45) is 10.2 Å². The molecule has 10 heteroatoms. The zero-order valence-corrected chi connectivity index (χ0v) is 23.5. The Morgan fingerprint density at radius 1 is 0.950 bits per heavy atom. The molecule has 0 radical (unpaired) electrons. The number of carbonyl (C=O) groups is 2. The van der Waals surface area contributed by atoms with Crippen LogP contribution in [0, 0.1) is 10.1 Å². The lowest BCUT2D eigenvalue weighted by molar-refractivity contribution is -0.384. The molecule has 0 heterocycles. The highest BCUT2D eigenvalue weighted by Crippen LogP contribution is 2.29. The van der Waals surface area contributed by atoms with E-state index in [9.17, 15) is 19.7 Å². The average Bonchev–Trinajstić information content (AvgIpc) is 2.94. The van der Waals surface area contributed by atoms with E-state index >= 15 is 0 Å². The lowest BCUT2D eigenvalue weighted by atomic mass is 10.1. The minimum Gasteiger partial charge on any atom is -0.481 e. The number of hydrogen-bond acceptors (Lipinski definition) is 8. The van der Waals surface area contributed by atoms with E-state index in [0.717, 1.165) is 30.5 Å². The van der Waals surface area contributed by atoms with Gasteiger partial charge in [-0.05, 0) is 42.7 Å². The molecule has 0 saturated heterocycles. The van der Waals surface area contributed by atoms with Gasteiger partial charge in [-0.15, -0.1) is 5.11 Å². The van der Waals surface area contributed by atoms with Gasteiger partial charge in [-0.25, -0.2) is 4.79 Å². The molecule has 10 nitrogen and oxygen atoms in total. The second kappa shape index (κ2) is 19.3. The first-order chi connectivity index (χ1) is 19.4. The fourth-order valence-corrected chi connectivity index (χ4v) is 4.13. The van der Waals surface area contributed by atoms with E-state index in [1.807, 2.05) is 24.3 Å². The van der Waals surface area contributed by atoms with E-state index in [-0.39, 0.29) is 23.4 Å². The largest absolute Gasteiger partial charge is 0.481 e. The number of azo groups is 1. The van der Waals surface area contributed by atoms with Crippen LogP contribution in [0.3, 0.4) is 0 Å². The SMILES string of the molecule is CCCCCCCCCCCCOC(=O)c1ccc(N=NCCc2ccc(NCCC(=O)O)cc2)c([N+](=O)[O-])c1. The zero-order chi connectivity index (χ0) is 29.0. The summed E-state index contributed by atoms with van der Waals surface area (Å²) in [5.74, 6) is -1.44. The Hall–Kier alpha value is -3.82. The van der Waals surface area contributed by atoms with Gasteiger partial charge in [0.15, 0.2) is 5.69 Å². The van der Waals surface area contributed by atoms with Crippen molar-refractivity contribution in [1.82, 2.24) is 0 Å². The number of nitrogens with zero attached hydrogens (tertiary/aromatic N) is 3. The molecule has 0 bridgehead atoms. The molecule has 218 valence electrons. The molecule has 2 rings (SSSR count). The molecular weight excluding hydrogens is 512 g/mol. The lowest BCUT2D eigenvalue weighted by Gasteiger charge is -2.06. The van der Waals surface area contributed by atoms with Gasteiger partial charge in [0.05, 0.1) is 30.1 Å². The minimum absolute atomic E-state index is 0.0375. The third-order valence-electron chi connectivity index (χ3n) is 6.44. The van der Waals surface area contributed by atoms with Crippen LogP contribution in [0.5, 0.6) is 0 Å². The van der Waals surface area contributed by atoms with Gasteiger partial charge in [0.1, 0.15) is 0 Å². The number of unbranched alkanes of at least 4 members (excludes halogenated alkanes) is 9.